The normalized spacial score (nSPS) is 22.1. The summed E-state index contributed by atoms with van der Waals surface area (Å²) in [5, 5.41) is 9.04. The van der Waals surface area contributed by atoms with E-state index >= 15 is 0 Å². The Bertz CT molecular complexity index is 263. The van der Waals surface area contributed by atoms with Crippen LogP contribution in [-0.2, 0) is 4.79 Å². The fourth-order valence-corrected chi connectivity index (χ4v) is 2.26. The lowest BCUT2D eigenvalue weighted by molar-refractivity contribution is -0.143. The quantitative estimate of drug-likeness (QED) is 0.740. The molecule has 0 bridgehead atoms. The number of hydrogen-bond donors (Lipinski definition) is 1. The van der Waals surface area contributed by atoms with Gasteiger partial charge in [-0.3, -0.25) is 14.6 Å². The molecule has 1 N–H and O–H groups in total. The Balaban J connectivity index is 2.32. The van der Waals surface area contributed by atoms with Crippen molar-refractivity contribution in [1.29, 1.82) is 0 Å². The number of piperazine rings is 1. The minimum absolute atomic E-state index is 0.124. The first kappa shape index (κ1) is 15.4. The molecule has 5 heteroatoms. The summed E-state index contributed by atoms with van der Waals surface area (Å²) in [5.74, 6) is -0.990. The van der Waals surface area contributed by atoms with E-state index < -0.39 is 5.97 Å². The second-order valence-electron chi connectivity index (χ2n) is 5.55. The molecule has 1 aliphatic heterocycles. The number of rotatable bonds is 6. The van der Waals surface area contributed by atoms with Gasteiger partial charge in [-0.05, 0) is 21.0 Å². The minimum Gasteiger partial charge on any atom is -0.481 e. The Hall–Kier alpha value is -0.650. The average molecular weight is 257 g/mol. The van der Waals surface area contributed by atoms with Crippen molar-refractivity contribution in [3.8, 4) is 0 Å². The summed E-state index contributed by atoms with van der Waals surface area (Å²) in [6.45, 7) is 10.1. The van der Waals surface area contributed by atoms with Crippen LogP contribution in [0.5, 0.6) is 0 Å². The molecule has 106 valence electrons. The fourth-order valence-electron chi connectivity index (χ4n) is 2.26. The molecule has 18 heavy (non-hydrogen) atoms. The smallest absolute Gasteiger partial charge is 0.307 e. The van der Waals surface area contributed by atoms with Gasteiger partial charge in [0.15, 0.2) is 0 Å². The highest BCUT2D eigenvalue weighted by atomic mass is 16.4. The number of nitrogens with zero attached hydrogens (tertiary/aromatic N) is 3. The lowest BCUT2D eigenvalue weighted by atomic mass is 10.0. The van der Waals surface area contributed by atoms with E-state index in [9.17, 15) is 4.79 Å². The Morgan fingerprint density at radius 2 is 1.78 bits per heavy atom. The number of carboxylic acid groups (broad SMARTS) is 1. The SMILES string of the molecule is CC(C(=O)O)C(C)N1CCN(CCN(C)C)CC1. The highest BCUT2D eigenvalue weighted by molar-refractivity contribution is 5.70. The third-order valence-electron chi connectivity index (χ3n) is 3.96. The molecule has 1 fully saturated rings. The number of likely N-dealkylation sites (N-methyl/N-ethyl adjacent to an activating group) is 1. The van der Waals surface area contributed by atoms with Crippen molar-refractivity contribution in [3.63, 3.8) is 0 Å². The molecule has 0 saturated carbocycles. The van der Waals surface area contributed by atoms with E-state index in [0.29, 0.717) is 0 Å². The first-order chi connectivity index (χ1) is 8.41. The largest absolute Gasteiger partial charge is 0.481 e. The van der Waals surface area contributed by atoms with Crippen molar-refractivity contribution < 1.29 is 9.90 Å². The van der Waals surface area contributed by atoms with Crippen LogP contribution in [0.1, 0.15) is 13.8 Å². The van der Waals surface area contributed by atoms with Crippen LogP contribution < -0.4 is 0 Å². The van der Waals surface area contributed by atoms with Crippen molar-refractivity contribution in [1.82, 2.24) is 14.7 Å². The van der Waals surface area contributed by atoms with E-state index in [4.69, 9.17) is 5.11 Å². The molecular formula is C13H27N3O2. The number of carbonyl (C=O) groups is 1. The fraction of sp³-hybridized carbons (Fsp3) is 0.923. The van der Waals surface area contributed by atoms with Gasteiger partial charge in [-0.15, -0.1) is 0 Å². The summed E-state index contributed by atoms with van der Waals surface area (Å²) in [7, 11) is 4.18. The van der Waals surface area contributed by atoms with Crippen LogP contribution >= 0.6 is 0 Å². The molecule has 0 radical (unpaired) electrons. The maximum absolute atomic E-state index is 11.0. The minimum atomic E-state index is -0.697. The molecule has 0 amide bonds. The average Bonchev–Trinajstić information content (AvgIpc) is 2.35. The van der Waals surface area contributed by atoms with Crippen LogP contribution in [0.15, 0.2) is 0 Å². The molecule has 0 aromatic carbocycles. The van der Waals surface area contributed by atoms with Crippen molar-refractivity contribution in [2.24, 2.45) is 5.92 Å². The molecular weight excluding hydrogens is 230 g/mol. The van der Waals surface area contributed by atoms with E-state index in [-0.39, 0.29) is 12.0 Å². The molecule has 0 aromatic rings. The zero-order chi connectivity index (χ0) is 13.7. The van der Waals surface area contributed by atoms with Gasteiger partial charge in [0.1, 0.15) is 0 Å². The molecule has 0 spiro atoms. The summed E-state index contributed by atoms with van der Waals surface area (Å²) in [4.78, 5) is 17.9. The molecule has 1 heterocycles. The van der Waals surface area contributed by atoms with Crippen LogP contribution in [0.3, 0.4) is 0 Å². The second-order valence-corrected chi connectivity index (χ2v) is 5.55. The number of carboxylic acids is 1. The highest BCUT2D eigenvalue weighted by Crippen LogP contribution is 2.13. The molecule has 5 nitrogen and oxygen atoms in total. The van der Waals surface area contributed by atoms with Crippen molar-refractivity contribution >= 4 is 5.97 Å². The van der Waals surface area contributed by atoms with Gasteiger partial charge in [-0.1, -0.05) is 6.92 Å². The lowest BCUT2D eigenvalue weighted by Crippen LogP contribution is -2.52. The van der Waals surface area contributed by atoms with Gasteiger partial charge >= 0.3 is 5.97 Å². The summed E-state index contributed by atoms with van der Waals surface area (Å²) in [5.41, 5.74) is 0. The van der Waals surface area contributed by atoms with Crippen LogP contribution in [0, 0.1) is 5.92 Å². The monoisotopic (exact) mass is 257 g/mol. The summed E-state index contributed by atoms with van der Waals surface area (Å²) < 4.78 is 0. The predicted octanol–water partition coefficient (Wildman–Crippen LogP) is 0.275. The van der Waals surface area contributed by atoms with Gasteiger partial charge in [0.25, 0.3) is 0 Å². The molecule has 1 saturated heterocycles. The third-order valence-corrected chi connectivity index (χ3v) is 3.96. The van der Waals surface area contributed by atoms with Crippen molar-refractivity contribution in [2.45, 2.75) is 19.9 Å². The van der Waals surface area contributed by atoms with Gasteiger partial charge in [0, 0.05) is 45.3 Å². The predicted molar refractivity (Wildman–Crippen MR) is 72.8 cm³/mol. The van der Waals surface area contributed by atoms with Gasteiger partial charge in [-0.25, -0.2) is 0 Å². The van der Waals surface area contributed by atoms with E-state index in [2.05, 4.69) is 28.8 Å². The topological polar surface area (TPSA) is 47.0 Å². The Kier molecular flexibility index (Phi) is 6.05. The number of hydrogen-bond acceptors (Lipinski definition) is 4. The molecule has 1 aliphatic rings. The summed E-state index contributed by atoms with van der Waals surface area (Å²) in [6.07, 6.45) is 0. The lowest BCUT2D eigenvalue weighted by Gasteiger charge is -2.39. The van der Waals surface area contributed by atoms with Gasteiger partial charge in [0.05, 0.1) is 5.92 Å². The molecule has 2 unspecified atom stereocenters. The standard InChI is InChI=1S/C13H27N3O2/c1-11(13(17)18)12(2)16-9-7-15(8-10-16)6-5-14(3)4/h11-12H,5-10H2,1-4H3,(H,17,18). The Morgan fingerprint density at radius 1 is 1.22 bits per heavy atom. The Labute approximate surface area is 110 Å². The Morgan fingerprint density at radius 3 is 2.22 bits per heavy atom. The summed E-state index contributed by atoms with van der Waals surface area (Å²) >= 11 is 0. The molecule has 1 rings (SSSR count). The van der Waals surface area contributed by atoms with Crippen molar-refractivity contribution in [3.05, 3.63) is 0 Å². The van der Waals surface area contributed by atoms with Gasteiger partial charge in [0.2, 0.25) is 0 Å². The number of aliphatic carboxylic acids is 1. The van der Waals surface area contributed by atoms with Gasteiger partial charge in [-0.2, -0.15) is 0 Å². The highest BCUT2D eigenvalue weighted by Gasteiger charge is 2.27. The van der Waals surface area contributed by atoms with E-state index in [1.165, 1.54) is 0 Å². The first-order valence-electron chi connectivity index (χ1n) is 6.75. The maximum atomic E-state index is 11.0. The van der Waals surface area contributed by atoms with E-state index in [1.54, 1.807) is 6.92 Å². The molecule has 0 aromatic heterocycles. The van der Waals surface area contributed by atoms with E-state index in [0.717, 1.165) is 39.3 Å². The molecule has 2 atom stereocenters. The van der Waals surface area contributed by atoms with Crippen LogP contribution in [0.4, 0.5) is 0 Å². The molecule has 0 aliphatic carbocycles. The first-order valence-corrected chi connectivity index (χ1v) is 6.75. The van der Waals surface area contributed by atoms with Crippen LogP contribution in [-0.4, -0.2) is 85.2 Å². The third kappa shape index (κ3) is 4.55. The van der Waals surface area contributed by atoms with Gasteiger partial charge < -0.3 is 10.0 Å². The van der Waals surface area contributed by atoms with Crippen molar-refractivity contribution in [2.75, 3.05) is 53.4 Å². The van der Waals surface area contributed by atoms with Crippen LogP contribution in [0.25, 0.3) is 0 Å². The zero-order valence-corrected chi connectivity index (χ0v) is 12.1. The zero-order valence-electron chi connectivity index (χ0n) is 12.1. The maximum Gasteiger partial charge on any atom is 0.307 e. The van der Waals surface area contributed by atoms with Crippen LogP contribution in [0.2, 0.25) is 0 Å². The second kappa shape index (κ2) is 7.07. The summed E-state index contributed by atoms with van der Waals surface area (Å²) in [6, 6.07) is 0.124. The van der Waals surface area contributed by atoms with E-state index in [1.807, 2.05) is 6.92 Å².